The van der Waals surface area contributed by atoms with Crippen LogP contribution >= 0.6 is 0 Å². The van der Waals surface area contributed by atoms with Crippen LogP contribution in [0.5, 0.6) is 0 Å². The van der Waals surface area contributed by atoms with Crippen molar-refractivity contribution in [3.8, 4) is 0 Å². The Hall–Kier alpha value is -2.10. The highest BCUT2D eigenvalue weighted by atomic mass is 19.4. The number of aliphatic hydroxyl groups is 1. The predicted molar refractivity (Wildman–Crippen MR) is 61.7 cm³/mol. The van der Waals surface area contributed by atoms with Crippen molar-refractivity contribution < 1.29 is 41.0 Å². The van der Waals surface area contributed by atoms with Crippen molar-refractivity contribution in [2.75, 3.05) is 4.90 Å². The van der Waals surface area contributed by atoms with E-state index in [0.717, 1.165) is 6.92 Å². The standard InChI is InChI=1S/C12H9F6NO3/c1-7(21)19(6-20)9-4-2-8(3-5-9)10(22,11(13,14)15)12(16,17)18/h2-6,22H,1H3. The molecule has 0 fully saturated rings. The molecule has 0 radical (unpaired) electrons. The molecule has 0 spiro atoms. The molecule has 0 saturated heterocycles. The fraction of sp³-hybridized carbons (Fsp3) is 0.333. The number of alkyl halides is 6. The number of hydrogen-bond donors (Lipinski definition) is 1. The number of halogens is 6. The van der Waals surface area contributed by atoms with Crippen LogP contribution in [0.15, 0.2) is 24.3 Å². The summed E-state index contributed by atoms with van der Waals surface area (Å²) < 4.78 is 75.9. The highest BCUT2D eigenvalue weighted by Gasteiger charge is 2.71. The third-order valence-corrected chi connectivity index (χ3v) is 2.83. The SMILES string of the molecule is CC(=O)N(C=O)c1ccc(C(O)(C(F)(F)F)C(F)(F)F)cc1. The van der Waals surface area contributed by atoms with Gasteiger partial charge >= 0.3 is 12.4 Å². The van der Waals surface area contributed by atoms with E-state index in [9.17, 15) is 35.9 Å². The van der Waals surface area contributed by atoms with Crippen LogP contribution in [-0.2, 0) is 15.2 Å². The van der Waals surface area contributed by atoms with Crippen molar-refractivity contribution in [1.82, 2.24) is 0 Å². The average molecular weight is 329 g/mol. The van der Waals surface area contributed by atoms with Crippen LogP contribution in [0.4, 0.5) is 32.0 Å². The zero-order valence-electron chi connectivity index (χ0n) is 10.9. The number of carbonyl (C=O) groups excluding carboxylic acids is 2. The Labute approximate surface area is 119 Å². The molecule has 0 unspecified atom stereocenters. The van der Waals surface area contributed by atoms with E-state index in [1.165, 1.54) is 0 Å². The molecule has 1 aromatic carbocycles. The summed E-state index contributed by atoms with van der Waals surface area (Å²) in [5, 5.41) is 9.15. The number of anilines is 1. The molecule has 10 heteroatoms. The lowest BCUT2D eigenvalue weighted by molar-refractivity contribution is -0.376. The van der Waals surface area contributed by atoms with Crippen molar-refractivity contribution >= 4 is 18.0 Å². The van der Waals surface area contributed by atoms with E-state index in [2.05, 4.69) is 0 Å². The third-order valence-electron chi connectivity index (χ3n) is 2.83. The van der Waals surface area contributed by atoms with Crippen LogP contribution in [0.25, 0.3) is 0 Å². The molecule has 4 nitrogen and oxygen atoms in total. The van der Waals surface area contributed by atoms with E-state index in [-0.39, 0.29) is 12.1 Å². The zero-order valence-corrected chi connectivity index (χ0v) is 10.9. The molecule has 2 amide bonds. The average Bonchev–Trinajstić information content (AvgIpc) is 2.36. The highest BCUT2D eigenvalue weighted by molar-refractivity contribution is 6.05. The Balaban J connectivity index is 3.38. The number of rotatable bonds is 3. The molecular weight excluding hydrogens is 320 g/mol. The molecule has 0 heterocycles. The molecule has 0 aliphatic heterocycles. The Kier molecular flexibility index (Phi) is 4.56. The lowest BCUT2D eigenvalue weighted by Crippen LogP contribution is -2.53. The van der Waals surface area contributed by atoms with E-state index in [1.807, 2.05) is 0 Å². The fourth-order valence-corrected chi connectivity index (χ4v) is 1.67. The van der Waals surface area contributed by atoms with Crippen molar-refractivity contribution in [3.63, 3.8) is 0 Å². The van der Waals surface area contributed by atoms with Gasteiger partial charge in [-0.25, -0.2) is 0 Å². The number of amides is 2. The minimum atomic E-state index is -6.00. The fourth-order valence-electron chi connectivity index (χ4n) is 1.67. The van der Waals surface area contributed by atoms with Gasteiger partial charge in [-0.15, -0.1) is 0 Å². The minimum absolute atomic E-state index is 0.0526. The van der Waals surface area contributed by atoms with Crippen LogP contribution in [0, 0.1) is 0 Å². The summed E-state index contributed by atoms with van der Waals surface area (Å²) in [6.45, 7) is 0.976. The lowest BCUT2D eigenvalue weighted by Gasteiger charge is -2.32. The summed E-state index contributed by atoms with van der Waals surface area (Å²) in [7, 11) is 0. The van der Waals surface area contributed by atoms with Crippen LogP contribution in [0.2, 0.25) is 0 Å². The van der Waals surface area contributed by atoms with Gasteiger partial charge in [0.25, 0.3) is 5.60 Å². The molecule has 22 heavy (non-hydrogen) atoms. The van der Waals surface area contributed by atoms with Gasteiger partial charge in [-0.1, -0.05) is 12.1 Å². The van der Waals surface area contributed by atoms with E-state index in [4.69, 9.17) is 5.11 Å². The second kappa shape index (κ2) is 5.59. The van der Waals surface area contributed by atoms with Gasteiger partial charge in [0.05, 0.1) is 5.69 Å². The molecule has 0 aromatic heterocycles. The van der Waals surface area contributed by atoms with Crippen LogP contribution in [-0.4, -0.2) is 29.8 Å². The van der Waals surface area contributed by atoms with Crippen molar-refractivity contribution in [2.24, 2.45) is 0 Å². The summed E-state index contributed by atoms with van der Waals surface area (Å²) >= 11 is 0. The van der Waals surface area contributed by atoms with Crippen LogP contribution in [0.1, 0.15) is 12.5 Å². The largest absolute Gasteiger partial charge is 0.430 e. The molecule has 1 rings (SSSR count). The molecule has 0 aliphatic carbocycles. The topological polar surface area (TPSA) is 57.6 Å². The maximum absolute atomic E-state index is 12.6. The molecule has 0 aliphatic rings. The Morgan fingerprint density at radius 1 is 1.05 bits per heavy atom. The third kappa shape index (κ3) is 2.91. The second-order valence-corrected chi connectivity index (χ2v) is 4.25. The number of carbonyl (C=O) groups is 2. The lowest BCUT2D eigenvalue weighted by atomic mass is 9.92. The first-order valence-electron chi connectivity index (χ1n) is 5.57. The molecule has 1 aromatic rings. The maximum Gasteiger partial charge on any atom is 0.430 e. The van der Waals surface area contributed by atoms with E-state index in [0.29, 0.717) is 29.2 Å². The van der Waals surface area contributed by atoms with Crippen LogP contribution in [0.3, 0.4) is 0 Å². The molecule has 0 atom stereocenters. The van der Waals surface area contributed by atoms with E-state index < -0.39 is 29.4 Å². The minimum Gasteiger partial charge on any atom is -0.369 e. The quantitative estimate of drug-likeness (QED) is 0.685. The van der Waals surface area contributed by atoms with Gasteiger partial charge in [-0.2, -0.15) is 26.3 Å². The number of hydrogen-bond acceptors (Lipinski definition) is 3. The Bertz CT molecular complexity index is 550. The molecule has 1 N–H and O–H groups in total. The van der Waals surface area contributed by atoms with Gasteiger partial charge in [-0.05, 0) is 12.1 Å². The Morgan fingerprint density at radius 3 is 1.73 bits per heavy atom. The van der Waals surface area contributed by atoms with Gasteiger partial charge in [-0.3, -0.25) is 14.5 Å². The van der Waals surface area contributed by atoms with E-state index >= 15 is 0 Å². The maximum atomic E-state index is 12.6. The number of imide groups is 1. The van der Waals surface area contributed by atoms with Crippen molar-refractivity contribution in [2.45, 2.75) is 24.9 Å². The normalized spacial score (nSPS) is 12.9. The number of nitrogens with zero attached hydrogens (tertiary/aromatic N) is 1. The van der Waals surface area contributed by atoms with Crippen molar-refractivity contribution in [1.29, 1.82) is 0 Å². The monoisotopic (exact) mass is 329 g/mol. The molecule has 0 bridgehead atoms. The van der Waals surface area contributed by atoms with Gasteiger partial charge < -0.3 is 5.11 Å². The second-order valence-electron chi connectivity index (χ2n) is 4.25. The smallest absolute Gasteiger partial charge is 0.369 e. The summed E-state index contributed by atoms with van der Waals surface area (Å²) in [6, 6.07) is 2.06. The van der Waals surface area contributed by atoms with Crippen LogP contribution < -0.4 is 4.90 Å². The van der Waals surface area contributed by atoms with Crippen molar-refractivity contribution in [3.05, 3.63) is 29.8 Å². The predicted octanol–water partition coefficient (Wildman–Crippen LogP) is 2.51. The first-order chi connectivity index (χ1) is 9.86. The summed E-state index contributed by atoms with van der Waals surface area (Å²) in [5.74, 6) is -0.787. The molecule has 0 saturated carbocycles. The highest BCUT2D eigenvalue weighted by Crippen LogP contribution is 2.50. The summed E-state index contributed by atoms with van der Waals surface area (Å²) in [5.41, 5.74) is -6.77. The zero-order chi connectivity index (χ0) is 17.3. The molecule has 122 valence electrons. The molecular formula is C12H9F6NO3. The number of benzene rings is 1. The summed E-state index contributed by atoms with van der Waals surface area (Å²) in [4.78, 5) is 22.2. The van der Waals surface area contributed by atoms with Gasteiger partial charge in [0.2, 0.25) is 12.3 Å². The van der Waals surface area contributed by atoms with E-state index in [1.54, 1.807) is 0 Å². The Morgan fingerprint density at radius 2 is 1.45 bits per heavy atom. The van der Waals surface area contributed by atoms with Gasteiger partial charge in [0.1, 0.15) is 0 Å². The summed E-state index contributed by atoms with van der Waals surface area (Å²) in [6.07, 6.45) is -12.0. The first-order valence-corrected chi connectivity index (χ1v) is 5.57. The van der Waals surface area contributed by atoms with Gasteiger partial charge in [0, 0.05) is 12.5 Å². The first kappa shape index (κ1) is 18.0. The van der Waals surface area contributed by atoms with Gasteiger partial charge in [0.15, 0.2) is 0 Å².